The van der Waals surface area contributed by atoms with Gasteiger partial charge >= 0.3 is 0 Å². The molecule has 0 saturated heterocycles. The van der Waals surface area contributed by atoms with Crippen LogP contribution in [0, 0.1) is 0 Å². The molecule has 0 amide bonds. The Labute approximate surface area is 95.5 Å². The van der Waals surface area contributed by atoms with E-state index < -0.39 is 8.32 Å². The Kier molecular flexibility index (Phi) is 5.78. The van der Waals surface area contributed by atoms with Crippen molar-refractivity contribution in [1.82, 2.24) is 0 Å². The third kappa shape index (κ3) is 4.95. The maximum Gasteiger partial charge on any atom is 0.192 e. The lowest BCUT2D eigenvalue weighted by molar-refractivity contribution is 0.194. The molecule has 0 spiro atoms. The van der Waals surface area contributed by atoms with Gasteiger partial charge in [0.2, 0.25) is 0 Å². The molecule has 0 heterocycles. The number of hydrogen-bond donors (Lipinski definition) is 1. The second-order valence-electron chi connectivity index (χ2n) is 5.52. The van der Waals surface area contributed by atoms with Crippen molar-refractivity contribution in [2.75, 3.05) is 6.61 Å². The molecule has 0 aromatic heterocycles. The van der Waals surface area contributed by atoms with E-state index in [-0.39, 0.29) is 17.7 Å². The van der Waals surface area contributed by atoms with Crippen molar-refractivity contribution in [3.63, 3.8) is 0 Å². The number of aliphatic hydroxyl groups excluding tert-OH is 1. The molecule has 0 aliphatic rings. The van der Waals surface area contributed by atoms with Gasteiger partial charge in [0.25, 0.3) is 0 Å². The largest absolute Gasteiger partial charge is 0.411 e. The average molecular weight is 230 g/mol. The predicted molar refractivity (Wildman–Crippen MR) is 68.6 cm³/mol. The predicted octanol–water partition coefficient (Wildman–Crippen LogP) is 3.34. The lowest BCUT2D eigenvalue weighted by Crippen LogP contribution is -2.43. The van der Waals surface area contributed by atoms with Crippen LogP contribution in [0.3, 0.4) is 0 Å². The molecule has 1 N–H and O–H groups in total. The minimum absolute atomic E-state index is 0.0954. The highest BCUT2D eigenvalue weighted by molar-refractivity contribution is 6.74. The smallest absolute Gasteiger partial charge is 0.192 e. The maximum absolute atomic E-state index is 8.79. The molecule has 0 aliphatic heterocycles. The summed E-state index contributed by atoms with van der Waals surface area (Å²) in [5.74, 6) is 0. The van der Waals surface area contributed by atoms with Gasteiger partial charge in [-0.15, -0.1) is 6.58 Å². The van der Waals surface area contributed by atoms with Gasteiger partial charge in [-0.1, -0.05) is 26.8 Å². The first-order valence-electron chi connectivity index (χ1n) is 5.66. The van der Waals surface area contributed by atoms with E-state index in [1.165, 1.54) is 0 Å². The van der Waals surface area contributed by atoms with Crippen LogP contribution in [0.5, 0.6) is 0 Å². The standard InChI is InChI=1S/C12H26O2Si/c1-7-11(9-8-10-13)14-15(5,6)12(2,3)4/h7,11,13H,1,8-10H2,2-6H3/t11-/m1/s1. The van der Waals surface area contributed by atoms with E-state index in [2.05, 4.69) is 40.4 Å². The summed E-state index contributed by atoms with van der Waals surface area (Å²) in [6, 6.07) is 0. The summed E-state index contributed by atoms with van der Waals surface area (Å²) in [5.41, 5.74) is 0. The topological polar surface area (TPSA) is 29.5 Å². The molecule has 0 aliphatic carbocycles. The van der Waals surface area contributed by atoms with Crippen molar-refractivity contribution >= 4 is 8.32 Å². The molecule has 90 valence electrons. The third-order valence-electron chi connectivity index (χ3n) is 3.16. The Morgan fingerprint density at radius 1 is 1.40 bits per heavy atom. The van der Waals surface area contributed by atoms with Crippen molar-refractivity contribution < 1.29 is 9.53 Å². The van der Waals surface area contributed by atoms with Crippen LogP contribution < -0.4 is 0 Å². The summed E-state index contributed by atoms with van der Waals surface area (Å²) in [6.07, 6.45) is 3.60. The summed E-state index contributed by atoms with van der Waals surface area (Å²) in [6.45, 7) is 15.2. The van der Waals surface area contributed by atoms with Crippen molar-refractivity contribution in [1.29, 1.82) is 0 Å². The van der Waals surface area contributed by atoms with Crippen LogP contribution >= 0.6 is 0 Å². The van der Waals surface area contributed by atoms with Crippen molar-refractivity contribution in [2.45, 2.75) is 57.8 Å². The highest BCUT2D eigenvalue weighted by atomic mass is 28.4. The van der Waals surface area contributed by atoms with Crippen LogP contribution in [-0.4, -0.2) is 26.1 Å². The van der Waals surface area contributed by atoms with E-state index in [9.17, 15) is 0 Å². The average Bonchev–Trinajstić information content (AvgIpc) is 2.10. The Bertz CT molecular complexity index is 194. The lowest BCUT2D eigenvalue weighted by atomic mass is 10.2. The van der Waals surface area contributed by atoms with E-state index in [1.54, 1.807) is 0 Å². The summed E-state index contributed by atoms with van der Waals surface area (Å²) in [7, 11) is -1.69. The zero-order chi connectivity index (χ0) is 12.1. The van der Waals surface area contributed by atoms with E-state index in [0.29, 0.717) is 0 Å². The molecule has 0 aromatic rings. The molecule has 0 fully saturated rings. The normalized spacial score (nSPS) is 15.1. The Morgan fingerprint density at radius 2 is 1.93 bits per heavy atom. The third-order valence-corrected chi connectivity index (χ3v) is 7.67. The minimum Gasteiger partial charge on any atom is -0.411 e. The first-order chi connectivity index (χ1) is 6.74. The highest BCUT2D eigenvalue weighted by Crippen LogP contribution is 2.37. The van der Waals surface area contributed by atoms with Crippen LogP contribution in [0.1, 0.15) is 33.6 Å². The number of aliphatic hydroxyl groups is 1. The first-order valence-corrected chi connectivity index (χ1v) is 8.56. The van der Waals surface area contributed by atoms with Crippen molar-refractivity contribution in [3.8, 4) is 0 Å². The Balaban J connectivity index is 4.34. The number of rotatable bonds is 6. The molecule has 0 bridgehead atoms. The molecular weight excluding hydrogens is 204 g/mol. The van der Waals surface area contributed by atoms with Gasteiger partial charge in [-0.25, -0.2) is 0 Å². The van der Waals surface area contributed by atoms with Crippen LogP contribution in [0.4, 0.5) is 0 Å². The SMILES string of the molecule is C=C[C@H](CCCO)O[Si](C)(C)C(C)(C)C. The molecule has 0 aromatic carbocycles. The van der Waals surface area contributed by atoms with Crippen molar-refractivity contribution in [3.05, 3.63) is 12.7 Å². The summed E-state index contributed by atoms with van der Waals surface area (Å²) < 4.78 is 6.16. The molecule has 15 heavy (non-hydrogen) atoms. The zero-order valence-electron chi connectivity index (χ0n) is 10.8. The van der Waals surface area contributed by atoms with Crippen LogP contribution in [-0.2, 0) is 4.43 Å². The fraction of sp³-hybridized carbons (Fsp3) is 0.833. The van der Waals surface area contributed by atoms with Gasteiger partial charge in [-0.05, 0) is 31.0 Å². The molecular formula is C12H26O2Si. The van der Waals surface area contributed by atoms with E-state index in [1.807, 2.05) is 6.08 Å². The van der Waals surface area contributed by atoms with Gasteiger partial charge in [-0.3, -0.25) is 0 Å². The van der Waals surface area contributed by atoms with Gasteiger partial charge in [0, 0.05) is 6.61 Å². The van der Waals surface area contributed by atoms with Gasteiger partial charge < -0.3 is 9.53 Å². The second-order valence-corrected chi connectivity index (χ2v) is 10.3. The van der Waals surface area contributed by atoms with Crippen LogP contribution in [0.15, 0.2) is 12.7 Å². The lowest BCUT2D eigenvalue weighted by Gasteiger charge is -2.38. The minimum atomic E-state index is -1.69. The molecule has 0 saturated carbocycles. The Hall–Kier alpha value is -0.123. The van der Waals surface area contributed by atoms with Gasteiger partial charge in [0.1, 0.15) is 0 Å². The summed E-state index contributed by atoms with van der Waals surface area (Å²) >= 11 is 0. The zero-order valence-corrected chi connectivity index (χ0v) is 11.8. The highest BCUT2D eigenvalue weighted by Gasteiger charge is 2.38. The van der Waals surface area contributed by atoms with Crippen LogP contribution in [0.25, 0.3) is 0 Å². The molecule has 2 nitrogen and oxygen atoms in total. The molecule has 1 atom stereocenters. The Morgan fingerprint density at radius 3 is 2.27 bits per heavy atom. The maximum atomic E-state index is 8.79. The fourth-order valence-electron chi connectivity index (χ4n) is 1.07. The quantitative estimate of drug-likeness (QED) is 0.560. The van der Waals surface area contributed by atoms with E-state index in [0.717, 1.165) is 12.8 Å². The van der Waals surface area contributed by atoms with Crippen LogP contribution in [0.2, 0.25) is 18.1 Å². The van der Waals surface area contributed by atoms with Gasteiger partial charge in [-0.2, -0.15) is 0 Å². The fourth-order valence-corrected chi connectivity index (χ4v) is 2.40. The summed E-state index contributed by atoms with van der Waals surface area (Å²) in [4.78, 5) is 0. The second kappa shape index (κ2) is 5.82. The van der Waals surface area contributed by atoms with E-state index in [4.69, 9.17) is 9.53 Å². The van der Waals surface area contributed by atoms with Gasteiger partial charge in [0.05, 0.1) is 6.10 Å². The molecule has 0 radical (unpaired) electrons. The molecule has 0 rings (SSSR count). The van der Waals surface area contributed by atoms with E-state index >= 15 is 0 Å². The monoisotopic (exact) mass is 230 g/mol. The number of hydrogen-bond acceptors (Lipinski definition) is 2. The molecule has 3 heteroatoms. The first kappa shape index (κ1) is 14.9. The van der Waals surface area contributed by atoms with Crippen molar-refractivity contribution in [2.24, 2.45) is 0 Å². The summed E-state index contributed by atoms with van der Waals surface area (Å²) in [5, 5.41) is 9.02. The molecule has 0 unspecified atom stereocenters. The van der Waals surface area contributed by atoms with Gasteiger partial charge in [0.15, 0.2) is 8.32 Å².